The Morgan fingerprint density at radius 2 is 2.12 bits per heavy atom. The first-order valence-electron chi connectivity index (χ1n) is 5.28. The molecule has 0 atom stereocenters. The molecule has 1 amide bonds. The van der Waals surface area contributed by atoms with Crippen molar-refractivity contribution in [3.8, 4) is 0 Å². The summed E-state index contributed by atoms with van der Waals surface area (Å²) in [6.45, 7) is 1.25. The van der Waals surface area contributed by atoms with Gasteiger partial charge in [-0.3, -0.25) is 4.79 Å². The Morgan fingerprint density at radius 3 is 2.82 bits per heavy atom. The van der Waals surface area contributed by atoms with E-state index in [1.165, 1.54) is 11.3 Å². The number of nitrogens with one attached hydrogen (secondary N) is 1. The number of amides is 1. The van der Waals surface area contributed by atoms with Gasteiger partial charge in [0.2, 0.25) is 0 Å². The lowest BCUT2D eigenvalue weighted by atomic mass is 10.2. The number of hydrogen-bond acceptors (Lipinski definition) is 3. The van der Waals surface area contributed by atoms with Crippen LogP contribution in [0.1, 0.15) is 16.1 Å². The van der Waals surface area contributed by atoms with Crippen molar-refractivity contribution >= 4 is 39.7 Å². The summed E-state index contributed by atoms with van der Waals surface area (Å²) in [5.74, 6) is -0.00495. The van der Waals surface area contributed by atoms with Gasteiger partial charge in [-0.15, -0.1) is 23.7 Å². The third-order valence-corrected chi connectivity index (χ3v) is 3.43. The molecule has 17 heavy (non-hydrogen) atoms. The Hall–Kier alpha value is -1.10. The lowest BCUT2D eigenvalue weighted by molar-refractivity contribution is 0.0957. The van der Waals surface area contributed by atoms with Crippen LogP contribution in [-0.4, -0.2) is 19.0 Å². The first-order chi connectivity index (χ1) is 7.81. The number of halogens is 1. The summed E-state index contributed by atoms with van der Waals surface area (Å²) >= 11 is 1.52. The highest BCUT2D eigenvalue weighted by atomic mass is 35.5. The summed E-state index contributed by atoms with van der Waals surface area (Å²) in [6, 6.07) is 9.93. The topological polar surface area (TPSA) is 55.1 Å². The second kappa shape index (κ2) is 6.59. The highest BCUT2D eigenvalue weighted by Gasteiger charge is 2.08. The zero-order valence-corrected chi connectivity index (χ0v) is 10.9. The molecule has 0 radical (unpaired) electrons. The molecule has 0 saturated carbocycles. The van der Waals surface area contributed by atoms with E-state index in [0.717, 1.165) is 21.4 Å². The van der Waals surface area contributed by atoms with E-state index in [1.54, 1.807) is 0 Å². The van der Waals surface area contributed by atoms with Crippen LogP contribution < -0.4 is 11.1 Å². The van der Waals surface area contributed by atoms with Crippen LogP contribution in [0.15, 0.2) is 30.3 Å². The van der Waals surface area contributed by atoms with E-state index in [2.05, 4.69) is 5.32 Å². The molecule has 0 saturated heterocycles. The number of rotatable bonds is 4. The van der Waals surface area contributed by atoms with Gasteiger partial charge in [0.1, 0.15) is 0 Å². The first-order valence-corrected chi connectivity index (χ1v) is 6.10. The zero-order valence-electron chi connectivity index (χ0n) is 9.31. The predicted octanol–water partition coefficient (Wildman–Crippen LogP) is 2.40. The predicted molar refractivity (Wildman–Crippen MR) is 75.1 cm³/mol. The summed E-state index contributed by atoms with van der Waals surface area (Å²) < 4.78 is 1.14. The number of benzene rings is 1. The lowest BCUT2D eigenvalue weighted by Crippen LogP contribution is -2.25. The van der Waals surface area contributed by atoms with Crippen molar-refractivity contribution in [1.29, 1.82) is 0 Å². The van der Waals surface area contributed by atoms with Crippen molar-refractivity contribution in [2.45, 2.75) is 6.42 Å². The van der Waals surface area contributed by atoms with Crippen molar-refractivity contribution in [3.05, 3.63) is 35.2 Å². The van der Waals surface area contributed by atoms with Crippen molar-refractivity contribution in [1.82, 2.24) is 5.32 Å². The maximum absolute atomic E-state index is 11.7. The maximum atomic E-state index is 11.7. The molecule has 0 aliphatic heterocycles. The largest absolute Gasteiger partial charge is 0.351 e. The van der Waals surface area contributed by atoms with Gasteiger partial charge in [-0.25, -0.2) is 0 Å². The molecule has 1 heterocycles. The van der Waals surface area contributed by atoms with Gasteiger partial charge in [-0.05, 0) is 30.5 Å². The molecule has 3 N–H and O–H groups in total. The molecule has 0 unspecified atom stereocenters. The normalized spacial score (nSPS) is 9.94. The molecule has 2 aromatic rings. The summed E-state index contributed by atoms with van der Waals surface area (Å²) in [4.78, 5) is 12.5. The van der Waals surface area contributed by atoms with E-state index in [4.69, 9.17) is 5.73 Å². The number of carbonyl (C=O) groups excluding carboxylic acids is 1. The Morgan fingerprint density at radius 1 is 1.35 bits per heavy atom. The Balaban J connectivity index is 0.00000144. The third kappa shape index (κ3) is 3.43. The van der Waals surface area contributed by atoms with Crippen molar-refractivity contribution in [2.24, 2.45) is 5.73 Å². The fourth-order valence-electron chi connectivity index (χ4n) is 1.48. The minimum Gasteiger partial charge on any atom is -0.351 e. The quantitative estimate of drug-likeness (QED) is 0.839. The van der Waals surface area contributed by atoms with Crippen molar-refractivity contribution in [3.63, 3.8) is 0 Å². The molecule has 0 aliphatic carbocycles. The summed E-state index contributed by atoms with van der Waals surface area (Å²) in [5, 5.41) is 3.97. The molecule has 2 rings (SSSR count). The van der Waals surface area contributed by atoms with Crippen LogP contribution in [-0.2, 0) is 0 Å². The van der Waals surface area contributed by atoms with Gasteiger partial charge in [0.05, 0.1) is 4.88 Å². The molecule has 1 aromatic carbocycles. The number of fused-ring (bicyclic) bond motifs is 1. The van der Waals surface area contributed by atoms with Gasteiger partial charge in [0.25, 0.3) is 5.91 Å². The fraction of sp³-hybridized carbons (Fsp3) is 0.250. The van der Waals surface area contributed by atoms with Crippen LogP contribution in [0.4, 0.5) is 0 Å². The van der Waals surface area contributed by atoms with Crippen LogP contribution in [0.5, 0.6) is 0 Å². The van der Waals surface area contributed by atoms with Gasteiger partial charge in [-0.1, -0.05) is 18.2 Å². The van der Waals surface area contributed by atoms with Gasteiger partial charge in [0, 0.05) is 11.2 Å². The molecule has 5 heteroatoms. The van der Waals surface area contributed by atoms with E-state index in [9.17, 15) is 4.79 Å². The summed E-state index contributed by atoms with van der Waals surface area (Å²) in [7, 11) is 0. The number of nitrogens with two attached hydrogens (primary N) is 1. The SMILES string of the molecule is Cl.NCCCNC(=O)c1cc2ccccc2s1. The van der Waals surface area contributed by atoms with Gasteiger partial charge in [0.15, 0.2) is 0 Å². The molecule has 0 fully saturated rings. The fourth-order valence-corrected chi connectivity index (χ4v) is 2.46. The molecule has 0 aliphatic rings. The van der Waals surface area contributed by atoms with Gasteiger partial charge < -0.3 is 11.1 Å². The molecule has 0 spiro atoms. The van der Waals surface area contributed by atoms with Gasteiger partial charge in [-0.2, -0.15) is 0 Å². The average molecular weight is 271 g/mol. The first kappa shape index (κ1) is 14.0. The molecule has 3 nitrogen and oxygen atoms in total. The Labute approximate surface area is 110 Å². The monoisotopic (exact) mass is 270 g/mol. The smallest absolute Gasteiger partial charge is 0.261 e. The zero-order chi connectivity index (χ0) is 11.4. The molecule has 1 aromatic heterocycles. The van der Waals surface area contributed by atoms with Crippen molar-refractivity contribution in [2.75, 3.05) is 13.1 Å². The van der Waals surface area contributed by atoms with E-state index in [-0.39, 0.29) is 18.3 Å². The second-order valence-electron chi connectivity index (χ2n) is 3.55. The standard InChI is InChI=1S/C12H14N2OS.ClH/c13-6-3-7-14-12(15)11-8-9-4-1-2-5-10(9)16-11;/h1-2,4-5,8H,3,6-7,13H2,(H,14,15);1H. The maximum Gasteiger partial charge on any atom is 0.261 e. The van der Waals surface area contributed by atoms with E-state index < -0.39 is 0 Å². The number of hydrogen-bond donors (Lipinski definition) is 2. The van der Waals surface area contributed by atoms with Crippen LogP contribution >= 0.6 is 23.7 Å². The summed E-state index contributed by atoms with van der Waals surface area (Å²) in [6.07, 6.45) is 0.816. The number of carbonyl (C=O) groups is 1. The average Bonchev–Trinajstić information content (AvgIpc) is 2.73. The second-order valence-corrected chi connectivity index (χ2v) is 4.63. The van der Waals surface area contributed by atoms with E-state index in [1.807, 2.05) is 30.3 Å². The number of thiophene rings is 1. The highest BCUT2D eigenvalue weighted by molar-refractivity contribution is 7.20. The highest BCUT2D eigenvalue weighted by Crippen LogP contribution is 2.24. The molecule has 0 bridgehead atoms. The molecule has 92 valence electrons. The molecular formula is C12H15ClN2OS. The van der Waals surface area contributed by atoms with E-state index in [0.29, 0.717) is 13.1 Å². The van der Waals surface area contributed by atoms with Crippen molar-refractivity contribution < 1.29 is 4.79 Å². The summed E-state index contributed by atoms with van der Waals surface area (Å²) in [5.41, 5.74) is 5.37. The minimum absolute atomic E-state index is 0. The minimum atomic E-state index is -0.00495. The van der Waals surface area contributed by atoms with Gasteiger partial charge >= 0.3 is 0 Å². The third-order valence-electron chi connectivity index (χ3n) is 2.32. The van der Waals surface area contributed by atoms with E-state index >= 15 is 0 Å². The lowest BCUT2D eigenvalue weighted by Gasteiger charge is -2.00. The van der Waals surface area contributed by atoms with Crippen LogP contribution in [0.3, 0.4) is 0 Å². The van der Waals surface area contributed by atoms with Crippen LogP contribution in [0, 0.1) is 0 Å². The van der Waals surface area contributed by atoms with Crippen LogP contribution in [0.2, 0.25) is 0 Å². The molecular weight excluding hydrogens is 256 g/mol. The Bertz CT molecular complexity index is 465. The Kier molecular flexibility index (Phi) is 5.41. The van der Waals surface area contributed by atoms with Crippen LogP contribution in [0.25, 0.3) is 10.1 Å².